The standard InChI is InChI=1S/C20H32O2/c1-20(2,3)18-13-15(14-22-4)12-17(19(18)21)16-10-8-6-5-7-9-11-16/h12-13,16,21H,5-11,14H2,1-4H3. The van der Waals surface area contributed by atoms with Crippen molar-refractivity contribution in [3.05, 3.63) is 28.8 Å². The first-order valence-corrected chi connectivity index (χ1v) is 8.78. The van der Waals surface area contributed by atoms with E-state index in [-0.39, 0.29) is 5.41 Å². The van der Waals surface area contributed by atoms with E-state index >= 15 is 0 Å². The molecule has 1 aromatic carbocycles. The van der Waals surface area contributed by atoms with Gasteiger partial charge >= 0.3 is 0 Å². The summed E-state index contributed by atoms with van der Waals surface area (Å²) in [6.07, 6.45) is 9.01. The Morgan fingerprint density at radius 3 is 2.18 bits per heavy atom. The molecular weight excluding hydrogens is 272 g/mol. The van der Waals surface area contributed by atoms with Gasteiger partial charge in [0.25, 0.3) is 0 Å². The number of phenols is 1. The molecule has 1 aliphatic carbocycles. The van der Waals surface area contributed by atoms with Crippen LogP contribution in [0, 0.1) is 0 Å². The van der Waals surface area contributed by atoms with Crippen LogP contribution in [0.1, 0.15) is 88.3 Å². The number of methoxy groups -OCH3 is 1. The van der Waals surface area contributed by atoms with Crippen LogP contribution in [0.15, 0.2) is 12.1 Å². The fourth-order valence-corrected chi connectivity index (χ4v) is 3.62. The van der Waals surface area contributed by atoms with Gasteiger partial charge in [0.15, 0.2) is 0 Å². The second-order valence-electron chi connectivity index (χ2n) is 7.81. The summed E-state index contributed by atoms with van der Waals surface area (Å²) in [5, 5.41) is 10.9. The molecule has 0 unspecified atom stereocenters. The topological polar surface area (TPSA) is 29.5 Å². The lowest BCUT2D eigenvalue weighted by atomic mass is 9.79. The number of phenolic OH excluding ortho intramolecular Hbond substituents is 1. The summed E-state index contributed by atoms with van der Waals surface area (Å²) < 4.78 is 5.34. The van der Waals surface area contributed by atoms with Crippen LogP contribution in [0.2, 0.25) is 0 Å². The molecule has 1 fully saturated rings. The van der Waals surface area contributed by atoms with E-state index in [9.17, 15) is 5.11 Å². The van der Waals surface area contributed by atoms with Gasteiger partial charge in [-0.3, -0.25) is 0 Å². The first kappa shape index (κ1) is 17.3. The van der Waals surface area contributed by atoms with E-state index in [1.807, 2.05) is 0 Å². The van der Waals surface area contributed by atoms with Crippen molar-refractivity contribution in [1.82, 2.24) is 0 Å². The second-order valence-corrected chi connectivity index (χ2v) is 7.81. The minimum Gasteiger partial charge on any atom is -0.507 e. The monoisotopic (exact) mass is 304 g/mol. The van der Waals surface area contributed by atoms with E-state index in [1.165, 1.54) is 50.5 Å². The Labute approximate surface area is 135 Å². The van der Waals surface area contributed by atoms with Gasteiger partial charge in [0.05, 0.1) is 6.61 Å². The molecular formula is C20H32O2. The van der Waals surface area contributed by atoms with Crippen LogP contribution >= 0.6 is 0 Å². The number of hydrogen-bond donors (Lipinski definition) is 1. The molecule has 2 nitrogen and oxygen atoms in total. The molecule has 0 spiro atoms. The van der Waals surface area contributed by atoms with Crippen LogP contribution in [0.25, 0.3) is 0 Å². The van der Waals surface area contributed by atoms with Crippen molar-refractivity contribution in [3.63, 3.8) is 0 Å². The van der Waals surface area contributed by atoms with Gasteiger partial charge in [-0.15, -0.1) is 0 Å². The lowest BCUT2D eigenvalue weighted by Gasteiger charge is -2.27. The van der Waals surface area contributed by atoms with E-state index in [1.54, 1.807) is 7.11 Å². The summed E-state index contributed by atoms with van der Waals surface area (Å²) >= 11 is 0. The predicted octanol–water partition coefficient (Wildman–Crippen LogP) is 5.66. The third kappa shape index (κ3) is 4.25. The number of hydrogen-bond acceptors (Lipinski definition) is 2. The zero-order chi connectivity index (χ0) is 16.2. The molecule has 1 saturated carbocycles. The van der Waals surface area contributed by atoms with E-state index in [2.05, 4.69) is 32.9 Å². The lowest BCUT2D eigenvalue weighted by Crippen LogP contribution is -2.14. The van der Waals surface area contributed by atoms with Gasteiger partial charge in [-0.05, 0) is 53.0 Å². The Kier molecular flexibility index (Phi) is 5.91. The number of ether oxygens (including phenoxy) is 1. The molecule has 0 radical (unpaired) electrons. The summed E-state index contributed by atoms with van der Waals surface area (Å²) in [5.41, 5.74) is 3.34. The molecule has 0 aromatic heterocycles. The molecule has 0 saturated heterocycles. The van der Waals surface area contributed by atoms with Crippen molar-refractivity contribution in [2.75, 3.05) is 7.11 Å². The highest BCUT2D eigenvalue weighted by atomic mass is 16.5. The SMILES string of the molecule is COCc1cc(C2CCCCCCC2)c(O)c(C(C)(C)C)c1. The van der Waals surface area contributed by atoms with Crippen LogP contribution in [-0.2, 0) is 16.8 Å². The average Bonchev–Trinajstić information content (AvgIpc) is 2.40. The Bertz CT molecular complexity index is 477. The Morgan fingerprint density at radius 2 is 1.64 bits per heavy atom. The highest BCUT2D eigenvalue weighted by Gasteiger charge is 2.25. The van der Waals surface area contributed by atoms with Crippen molar-refractivity contribution >= 4 is 0 Å². The largest absolute Gasteiger partial charge is 0.507 e. The summed E-state index contributed by atoms with van der Waals surface area (Å²) in [6, 6.07) is 4.30. The maximum atomic E-state index is 10.9. The number of rotatable bonds is 3. The number of benzene rings is 1. The molecule has 1 aromatic rings. The maximum absolute atomic E-state index is 10.9. The molecule has 0 amide bonds. The van der Waals surface area contributed by atoms with Crippen LogP contribution in [0.3, 0.4) is 0 Å². The first-order valence-electron chi connectivity index (χ1n) is 8.78. The molecule has 1 N–H and O–H groups in total. The van der Waals surface area contributed by atoms with Crippen molar-refractivity contribution in [3.8, 4) is 5.75 Å². The average molecular weight is 304 g/mol. The van der Waals surface area contributed by atoms with Gasteiger partial charge < -0.3 is 9.84 Å². The summed E-state index contributed by atoms with van der Waals surface area (Å²) in [6.45, 7) is 7.12. The van der Waals surface area contributed by atoms with E-state index in [4.69, 9.17) is 4.74 Å². The molecule has 22 heavy (non-hydrogen) atoms. The minimum atomic E-state index is -0.0514. The van der Waals surface area contributed by atoms with Gasteiger partial charge in [0, 0.05) is 7.11 Å². The van der Waals surface area contributed by atoms with Crippen molar-refractivity contribution in [2.24, 2.45) is 0 Å². The van der Waals surface area contributed by atoms with Crippen LogP contribution in [0.5, 0.6) is 5.75 Å². The smallest absolute Gasteiger partial charge is 0.122 e. The van der Waals surface area contributed by atoms with Gasteiger partial charge in [-0.1, -0.05) is 52.9 Å². The van der Waals surface area contributed by atoms with Crippen molar-refractivity contribution in [1.29, 1.82) is 0 Å². The van der Waals surface area contributed by atoms with E-state index in [0.29, 0.717) is 18.3 Å². The third-order valence-electron chi connectivity index (χ3n) is 4.86. The predicted molar refractivity (Wildman–Crippen MR) is 92.6 cm³/mol. The Hall–Kier alpha value is -1.02. The van der Waals surface area contributed by atoms with Crippen LogP contribution < -0.4 is 0 Å². The van der Waals surface area contributed by atoms with Gasteiger partial charge in [-0.25, -0.2) is 0 Å². The van der Waals surface area contributed by atoms with Gasteiger partial charge in [0.2, 0.25) is 0 Å². The van der Waals surface area contributed by atoms with Crippen molar-refractivity contribution in [2.45, 2.75) is 83.7 Å². The third-order valence-corrected chi connectivity index (χ3v) is 4.86. The van der Waals surface area contributed by atoms with Gasteiger partial charge in [0.1, 0.15) is 5.75 Å². The molecule has 2 heteroatoms. The first-order chi connectivity index (χ1) is 10.4. The molecule has 1 aliphatic rings. The highest BCUT2D eigenvalue weighted by molar-refractivity contribution is 5.48. The molecule has 0 aliphatic heterocycles. The summed E-state index contributed by atoms with van der Waals surface area (Å²) in [7, 11) is 1.74. The normalized spacial score (nSPS) is 18.0. The number of aromatic hydroxyl groups is 1. The Morgan fingerprint density at radius 1 is 1.05 bits per heavy atom. The van der Waals surface area contributed by atoms with E-state index in [0.717, 1.165) is 11.1 Å². The van der Waals surface area contributed by atoms with Crippen LogP contribution in [0.4, 0.5) is 0 Å². The molecule has 0 heterocycles. The van der Waals surface area contributed by atoms with Crippen molar-refractivity contribution < 1.29 is 9.84 Å². The molecule has 0 bridgehead atoms. The zero-order valence-corrected chi connectivity index (χ0v) is 14.7. The molecule has 0 atom stereocenters. The minimum absolute atomic E-state index is 0.0514. The summed E-state index contributed by atoms with van der Waals surface area (Å²) in [4.78, 5) is 0. The molecule has 2 rings (SSSR count). The molecule has 124 valence electrons. The van der Waals surface area contributed by atoms with Crippen LogP contribution in [-0.4, -0.2) is 12.2 Å². The summed E-state index contributed by atoms with van der Waals surface area (Å²) in [5.74, 6) is 1.02. The second kappa shape index (κ2) is 7.50. The Balaban J connectivity index is 2.41. The lowest BCUT2D eigenvalue weighted by molar-refractivity contribution is 0.184. The zero-order valence-electron chi connectivity index (χ0n) is 14.7. The fraction of sp³-hybridized carbons (Fsp3) is 0.700. The quantitative estimate of drug-likeness (QED) is 0.780. The van der Waals surface area contributed by atoms with Gasteiger partial charge in [-0.2, -0.15) is 0 Å². The maximum Gasteiger partial charge on any atom is 0.122 e. The van der Waals surface area contributed by atoms with E-state index < -0.39 is 0 Å². The fourth-order valence-electron chi connectivity index (χ4n) is 3.62. The highest BCUT2D eigenvalue weighted by Crippen LogP contribution is 2.41.